The van der Waals surface area contributed by atoms with Gasteiger partial charge in [-0.3, -0.25) is 0 Å². The van der Waals surface area contributed by atoms with Crippen molar-refractivity contribution in [2.75, 3.05) is 6.54 Å². The van der Waals surface area contributed by atoms with Crippen LogP contribution in [0.25, 0.3) is 16.3 Å². The number of hydrogen-bond donors (Lipinski definition) is 1. The number of thiocarbonyl (C=S) groups is 1. The third-order valence-corrected chi connectivity index (χ3v) is 5.93. The molecule has 0 fully saturated rings. The summed E-state index contributed by atoms with van der Waals surface area (Å²) in [7, 11) is 0. The molecule has 0 saturated heterocycles. The molecule has 1 aliphatic heterocycles. The van der Waals surface area contributed by atoms with Gasteiger partial charge in [0, 0.05) is 12.2 Å². The summed E-state index contributed by atoms with van der Waals surface area (Å²) in [6.45, 7) is 6.98. The minimum absolute atomic E-state index is 0.127. The number of nitrogens with one attached hydrogen (secondary N) is 1. The maximum Gasteiger partial charge on any atom is 0.258 e. The molecule has 27 heavy (non-hydrogen) atoms. The fourth-order valence-electron chi connectivity index (χ4n) is 3.29. The lowest BCUT2D eigenvalue weighted by atomic mass is 9.94. The Balaban J connectivity index is 1.82. The first-order valence-corrected chi connectivity index (χ1v) is 10.1. The Hall–Kier alpha value is -2.51. The second-order valence-corrected chi connectivity index (χ2v) is 7.77. The van der Waals surface area contributed by atoms with Gasteiger partial charge in [-0.05, 0) is 50.0 Å². The normalized spacial score (nSPS) is 17.4. The van der Waals surface area contributed by atoms with Gasteiger partial charge >= 0.3 is 0 Å². The van der Waals surface area contributed by atoms with Gasteiger partial charge in [0.25, 0.3) is 5.89 Å². The van der Waals surface area contributed by atoms with E-state index in [1.165, 1.54) is 5.56 Å². The number of rotatable bonds is 4. The zero-order valence-corrected chi connectivity index (χ0v) is 17.0. The van der Waals surface area contributed by atoms with Crippen LogP contribution in [0.1, 0.15) is 36.9 Å². The zero-order chi connectivity index (χ0) is 19.0. The van der Waals surface area contributed by atoms with Crippen molar-refractivity contribution in [3.63, 3.8) is 0 Å². The van der Waals surface area contributed by atoms with E-state index in [-0.39, 0.29) is 6.04 Å². The summed E-state index contributed by atoms with van der Waals surface area (Å²) in [6, 6.07) is 12.3. The third kappa shape index (κ3) is 3.28. The molecule has 0 amide bonds. The van der Waals surface area contributed by atoms with Gasteiger partial charge in [0.15, 0.2) is 5.11 Å². The van der Waals surface area contributed by atoms with Crippen molar-refractivity contribution >= 4 is 34.2 Å². The van der Waals surface area contributed by atoms with E-state index in [0.717, 1.165) is 28.3 Å². The molecule has 0 saturated carbocycles. The van der Waals surface area contributed by atoms with Gasteiger partial charge in [-0.15, -0.1) is 11.3 Å². The first kappa shape index (κ1) is 17.9. The summed E-state index contributed by atoms with van der Waals surface area (Å²) in [5, 5.41) is 10.4. The molecule has 0 radical (unpaired) electrons. The molecule has 1 N–H and O–H groups in total. The summed E-state index contributed by atoms with van der Waals surface area (Å²) in [5.41, 5.74) is 4.33. The first-order valence-electron chi connectivity index (χ1n) is 8.81. The smallest absolute Gasteiger partial charge is 0.258 e. The molecule has 4 rings (SSSR count). The lowest BCUT2D eigenvalue weighted by molar-refractivity contribution is 0.398. The van der Waals surface area contributed by atoms with Crippen LogP contribution < -0.4 is 5.32 Å². The van der Waals surface area contributed by atoms with Gasteiger partial charge < -0.3 is 14.7 Å². The van der Waals surface area contributed by atoms with Gasteiger partial charge in [0.1, 0.15) is 0 Å². The van der Waals surface area contributed by atoms with Gasteiger partial charge in [0.05, 0.1) is 16.5 Å². The fraction of sp³-hybridized carbons (Fsp3) is 0.250. The number of aromatic nitrogens is 2. The monoisotopic (exact) mass is 396 g/mol. The van der Waals surface area contributed by atoms with Crippen molar-refractivity contribution < 1.29 is 4.52 Å². The SMILES string of the molecule is CCN1C(=S)NC(c2ccc(C)cc2)C(c2nc(-c3cccs3)no2)=C1C. The Labute approximate surface area is 167 Å². The summed E-state index contributed by atoms with van der Waals surface area (Å²) in [5.74, 6) is 1.13. The minimum Gasteiger partial charge on any atom is -0.351 e. The number of aryl methyl sites for hydroxylation is 1. The minimum atomic E-state index is -0.127. The quantitative estimate of drug-likeness (QED) is 0.640. The van der Waals surface area contributed by atoms with Crippen LogP contribution >= 0.6 is 23.6 Å². The van der Waals surface area contributed by atoms with E-state index >= 15 is 0 Å². The first-order chi connectivity index (χ1) is 13.1. The Morgan fingerprint density at radius 1 is 1.22 bits per heavy atom. The number of hydrogen-bond acceptors (Lipinski definition) is 5. The second-order valence-electron chi connectivity index (χ2n) is 6.44. The molecule has 1 atom stereocenters. The highest BCUT2D eigenvalue weighted by Crippen LogP contribution is 2.37. The lowest BCUT2D eigenvalue weighted by Gasteiger charge is -2.36. The molecule has 5 nitrogen and oxygen atoms in total. The molecular formula is C20H20N4OS2. The molecule has 1 unspecified atom stereocenters. The van der Waals surface area contributed by atoms with Crippen LogP contribution in [-0.4, -0.2) is 26.7 Å². The Morgan fingerprint density at radius 3 is 2.67 bits per heavy atom. The average molecular weight is 397 g/mol. The van der Waals surface area contributed by atoms with Crippen LogP contribution in [-0.2, 0) is 0 Å². The van der Waals surface area contributed by atoms with Crippen LogP contribution in [0.15, 0.2) is 52.0 Å². The maximum absolute atomic E-state index is 5.68. The van der Waals surface area contributed by atoms with E-state index in [2.05, 4.69) is 65.4 Å². The number of thiophene rings is 1. The topological polar surface area (TPSA) is 54.2 Å². The molecule has 1 aliphatic rings. The van der Waals surface area contributed by atoms with Crippen molar-refractivity contribution in [3.8, 4) is 10.7 Å². The summed E-state index contributed by atoms with van der Waals surface area (Å²) < 4.78 is 5.68. The van der Waals surface area contributed by atoms with Crippen LogP contribution in [0.2, 0.25) is 0 Å². The summed E-state index contributed by atoms with van der Waals surface area (Å²) in [6.07, 6.45) is 0. The largest absolute Gasteiger partial charge is 0.351 e. The molecule has 0 spiro atoms. The fourth-order valence-corrected chi connectivity index (χ4v) is 4.32. The highest BCUT2D eigenvalue weighted by molar-refractivity contribution is 7.80. The van der Waals surface area contributed by atoms with Crippen LogP contribution in [0, 0.1) is 6.92 Å². The highest BCUT2D eigenvalue weighted by atomic mass is 32.1. The molecule has 0 aliphatic carbocycles. The van der Waals surface area contributed by atoms with Crippen molar-refractivity contribution in [2.24, 2.45) is 0 Å². The molecule has 7 heteroatoms. The molecule has 2 aromatic heterocycles. The third-order valence-electron chi connectivity index (χ3n) is 4.72. The number of nitrogens with zero attached hydrogens (tertiary/aromatic N) is 3. The van der Waals surface area contributed by atoms with Gasteiger partial charge in [-0.25, -0.2) is 0 Å². The van der Waals surface area contributed by atoms with E-state index in [0.29, 0.717) is 16.8 Å². The van der Waals surface area contributed by atoms with Crippen LogP contribution in [0.5, 0.6) is 0 Å². The van der Waals surface area contributed by atoms with E-state index in [4.69, 9.17) is 16.7 Å². The predicted molar refractivity (Wildman–Crippen MR) is 112 cm³/mol. The summed E-state index contributed by atoms with van der Waals surface area (Å²) in [4.78, 5) is 7.73. The molecular weight excluding hydrogens is 376 g/mol. The van der Waals surface area contributed by atoms with Gasteiger partial charge in [0.2, 0.25) is 5.82 Å². The summed E-state index contributed by atoms with van der Waals surface area (Å²) >= 11 is 7.19. The highest BCUT2D eigenvalue weighted by Gasteiger charge is 2.33. The van der Waals surface area contributed by atoms with E-state index < -0.39 is 0 Å². The molecule has 3 aromatic rings. The Morgan fingerprint density at radius 2 is 2.00 bits per heavy atom. The van der Waals surface area contributed by atoms with Crippen molar-refractivity contribution in [3.05, 3.63) is 64.5 Å². The maximum atomic E-state index is 5.68. The number of allylic oxidation sites excluding steroid dienone is 1. The van der Waals surface area contributed by atoms with Crippen molar-refractivity contribution in [1.82, 2.24) is 20.4 Å². The number of benzene rings is 1. The lowest BCUT2D eigenvalue weighted by Crippen LogP contribution is -2.45. The van der Waals surface area contributed by atoms with E-state index in [1.807, 2.05) is 17.5 Å². The molecule has 138 valence electrons. The van der Waals surface area contributed by atoms with Gasteiger partial charge in [-0.1, -0.05) is 41.1 Å². The van der Waals surface area contributed by atoms with Crippen molar-refractivity contribution in [1.29, 1.82) is 0 Å². The molecule has 0 bridgehead atoms. The Kier molecular flexibility index (Phi) is 4.80. The second kappa shape index (κ2) is 7.25. The average Bonchev–Trinajstić information content (AvgIpc) is 3.34. The Bertz CT molecular complexity index is 989. The van der Waals surface area contributed by atoms with Gasteiger partial charge in [-0.2, -0.15) is 4.98 Å². The van der Waals surface area contributed by atoms with E-state index in [1.54, 1.807) is 11.3 Å². The molecule has 3 heterocycles. The zero-order valence-electron chi connectivity index (χ0n) is 15.4. The molecule has 1 aromatic carbocycles. The van der Waals surface area contributed by atoms with E-state index in [9.17, 15) is 0 Å². The van der Waals surface area contributed by atoms with Crippen LogP contribution in [0.4, 0.5) is 0 Å². The van der Waals surface area contributed by atoms with Crippen LogP contribution in [0.3, 0.4) is 0 Å². The predicted octanol–water partition coefficient (Wildman–Crippen LogP) is 4.79. The standard InChI is InChI=1S/C20H20N4OS2/c1-4-24-13(3)16(19-22-18(23-25-19)15-6-5-11-27-15)17(21-20(24)26)14-9-7-12(2)8-10-14/h5-11,17H,4H2,1-3H3,(H,21,26). The van der Waals surface area contributed by atoms with Crippen molar-refractivity contribution in [2.45, 2.75) is 26.8 Å².